The van der Waals surface area contributed by atoms with Gasteiger partial charge in [-0.1, -0.05) is 66.7 Å². The Bertz CT molecular complexity index is 851. The quantitative estimate of drug-likeness (QED) is 0.552. The first-order valence-corrected chi connectivity index (χ1v) is 9.79. The molecule has 4 heteroatoms. The van der Waals surface area contributed by atoms with Crippen LogP contribution in [0.15, 0.2) is 89.9 Å². The molecule has 4 nitrogen and oxygen atoms in total. The first-order valence-electron chi connectivity index (χ1n) is 9.79. The van der Waals surface area contributed by atoms with Gasteiger partial charge in [-0.05, 0) is 31.0 Å². The maximum atomic E-state index is 12.4. The number of ether oxygens (including phenoxy) is 1. The number of rotatable bonds is 9. The van der Waals surface area contributed by atoms with Crippen molar-refractivity contribution in [3.05, 3.63) is 107 Å². The zero-order valence-corrected chi connectivity index (χ0v) is 16.6. The Morgan fingerprint density at radius 1 is 0.857 bits per heavy atom. The van der Waals surface area contributed by atoms with Crippen molar-refractivity contribution in [2.24, 2.45) is 0 Å². The van der Waals surface area contributed by atoms with Gasteiger partial charge < -0.3 is 4.74 Å². The summed E-state index contributed by atoms with van der Waals surface area (Å²) in [5.41, 5.74) is 2.43. The van der Waals surface area contributed by atoms with Gasteiger partial charge in [0.05, 0.1) is 6.04 Å². The first-order chi connectivity index (χ1) is 13.7. The van der Waals surface area contributed by atoms with E-state index in [4.69, 9.17) is 4.74 Å². The molecule has 146 valence electrons. The van der Waals surface area contributed by atoms with Gasteiger partial charge in [-0.2, -0.15) is 0 Å². The van der Waals surface area contributed by atoms with E-state index in [1.54, 1.807) is 16.7 Å². The second-order valence-corrected chi connectivity index (χ2v) is 6.91. The lowest BCUT2D eigenvalue weighted by Gasteiger charge is -2.35. The molecule has 0 spiro atoms. The summed E-state index contributed by atoms with van der Waals surface area (Å²) in [6.07, 6.45) is 1.45. The van der Waals surface area contributed by atoms with Gasteiger partial charge in [0.25, 0.3) is 5.56 Å². The Hall–Kier alpha value is -2.69. The van der Waals surface area contributed by atoms with Crippen molar-refractivity contribution in [3.63, 3.8) is 0 Å². The smallest absolute Gasteiger partial charge is 0.252 e. The van der Waals surface area contributed by atoms with Crippen molar-refractivity contribution < 1.29 is 4.74 Å². The fourth-order valence-electron chi connectivity index (χ4n) is 3.43. The molecular formula is C24H28N2O2. The number of hydrogen-bond donors (Lipinski definition) is 0. The van der Waals surface area contributed by atoms with E-state index >= 15 is 0 Å². The van der Waals surface area contributed by atoms with Gasteiger partial charge in [0.15, 0.2) is 6.23 Å². The maximum Gasteiger partial charge on any atom is 0.252 e. The molecule has 28 heavy (non-hydrogen) atoms. The van der Waals surface area contributed by atoms with Crippen LogP contribution in [0.3, 0.4) is 0 Å². The van der Waals surface area contributed by atoms with E-state index in [2.05, 4.69) is 60.4 Å². The first kappa shape index (κ1) is 20.1. The van der Waals surface area contributed by atoms with E-state index in [1.165, 1.54) is 11.1 Å². The average Bonchev–Trinajstić information content (AvgIpc) is 2.73. The fraction of sp³-hybridized carbons (Fsp3) is 0.292. The topological polar surface area (TPSA) is 34.5 Å². The summed E-state index contributed by atoms with van der Waals surface area (Å²) in [6, 6.07) is 26.0. The summed E-state index contributed by atoms with van der Waals surface area (Å²) < 4.78 is 7.74. The molecule has 0 unspecified atom stereocenters. The van der Waals surface area contributed by atoms with Crippen LogP contribution < -0.4 is 5.56 Å². The van der Waals surface area contributed by atoms with Crippen LogP contribution in [0.4, 0.5) is 0 Å². The molecular weight excluding hydrogens is 348 g/mol. The molecule has 0 aliphatic carbocycles. The number of hydrogen-bond acceptors (Lipinski definition) is 3. The monoisotopic (exact) mass is 376 g/mol. The normalized spacial score (nSPS) is 13.4. The molecule has 1 aromatic heterocycles. The summed E-state index contributed by atoms with van der Waals surface area (Å²) in [7, 11) is 0. The van der Waals surface area contributed by atoms with Gasteiger partial charge in [-0.25, -0.2) is 0 Å². The third-order valence-corrected chi connectivity index (χ3v) is 4.91. The molecule has 0 saturated heterocycles. The van der Waals surface area contributed by atoms with Crippen molar-refractivity contribution in [1.82, 2.24) is 9.47 Å². The predicted molar refractivity (Wildman–Crippen MR) is 113 cm³/mol. The molecule has 2 aromatic carbocycles. The molecule has 0 fully saturated rings. The Morgan fingerprint density at radius 3 is 1.89 bits per heavy atom. The molecule has 0 saturated carbocycles. The zero-order chi connectivity index (χ0) is 19.8. The highest BCUT2D eigenvalue weighted by atomic mass is 16.5. The number of benzene rings is 2. The van der Waals surface area contributed by atoms with Crippen LogP contribution in [-0.2, 0) is 17.8 Å². The lowest BCUT2D eigenvalue weighted by molar-refractivity contribution is -0.0562. The largest absolute Gasteiger partial charge is 0.357 e. The van der Waals surface area contributed by atoms with Gasteiger partial charge in [0.2, 0.25) is 0 Å². The number of pyridine rings is 1. The van der Waals surface area contributed by atoms with Crippen LogP contribution in [0, 0.1) is 0 Å². The van der Waals surface area contributed by atoms with E-state index in [9.17, 15) is 4.79 Å². The van der Waals surface area contributed by atoms with Crippen molar-refractivity contribution in [1.29, 1.82) is 0 Å². The fourth-order valence-corrected chi connectivity index (χ4v) is 3.43. The van der Waals surface area contributed by atoms with Crippen LogP contribution in [0.2, 0.25) is 0 Å². The lowest BCUT2D eigenvalue weighted by atomic mass is 10.1. The molecule has 3 aromatic rings. The summed E-state index contributed by atoms with van der Waals surface area (Å²) in [5.74, 6) is 0. The van der Waals surface area contributed by atoms with Gasteiger partial charge in [0.1, 0.15) is 0 Å². The predicted octanol–water partition coefficient (Wildman–Crippen LogP) is 4.47. The van der Waals surface area contributed by atoms with E-state index in [0.29, 0.717) is 6.61 Å². The summed E-state index contributed by atoms with van der Waals surface area (Å²) >= 11 is 0. The minimum atomic E-state index is -0.355. The molecule has 0 N–H and O–H groups in total. The van der Waals surface area contributed by atoms with Gasteiger partial charge in [-0.3, -0.25) is 14.3 Å². The van der Waals surface area contributed by atoms with E-state index in [-0.39, 0.29) is 17.8 Å². The molecule has 2 atom stereocenters. The van der Waals surface area contributed by atoms with Crippen molar-refractivity contribution in [3.8, 4) is 0 Å². The van der Waals surface area contributed by atoms with Crippen LogP contribution in [0.1, 0.15) is 31.2 Å². The van der Waals surface area contributed by atoms with Crippen LogP contribution >= 0.6 is 0 Å². The van der Waals surface area contributed by atoms with E-state index in [1.807, 2.05) is 31.3 Å². The van der Waals surface area contributed by atoms with E-state index in [0.717, 1.165) is 13.1 Å². The van der Waals surface area contributed by atoms with Crippen LogP contribution in [0.5, 0.6) is 0 Å². The minimum Gasteiger partial charge on any atom is -0.357 e. The third kappa shape index (κ3) is 5.18. The Kier molecular flexibility index (Phi) is 7.18. The third-order valence-electron chi connectivity index (χ3n) is 4.91. The molecule has 0 radical (unpaired) electrons. The Balaban J connectivity index is 1.91. The Labute approximate surface area is 167 Å². The Morgan fingerprint density at radius 2 is 1.39 bits per heavy atom. The highest BCUT2D eigenvalue weighted by Gasteiger charge is 2.26. The standard InChI is InChI=1S/C24H28N2O2/c1-3-28-24(26-17-11-10-16-23(26)27)20(2)25(18-21-12-6-4-7-13-21)19-22-14-8-5-9-15-22/h4-17,20,24H,3,18-19H2,1-2H3/t20-,24-/m0/s1. The number of nitrogens with zero attached hydrogens (tertiary/aromatic N) is 2. The molecule has 1 heterocycles. The average molecular weight is 377 g/mol. The van der Waals surface area contributed by atoms with Crippen molar-refractivity contribution in [2.75, 3.05) is 6.61 Å². The van der Waals surface area contributed by atoms with Gasteiger partial charge >= 0.3 is 0 Å². The van der Waals surface area contributed by atoms with Gasteiger partial charge in [0, 0.05) is 32.0 Å². The minimum absolute atomic E-state index is 0.000428. The summed E-state index contributed by atoms with van der Waals surface area (Å²) in [5, 5.41) is 0. The molecule has 0 aliphatic rings. The summed E-state index contributed by atoms with van der Waals surface area (Å²) in [6.45, 7) is 6.20. The number of aromatic nitrogens is 1. The van der Waals surface area contributed by atoms with Crippen molar-refractivity contribution in [2.45, 2.75) is 39.2 Å². The second-order valence-electron chi connectivity index (χ2n) is 6.91. The molecule has 3 rings (SSSR count). The van der Waals surface area contributed by atoms with Crippen LogP contribution in [-0.4, -0.2) is 22.1 Å². The zero-order valence-electron chi connectivity index (χ0n) is 16.6. The molecule has 0 aliphatic heterocycles. The van der Waals surface area contributed by atoms with Crippen molar-refractivity contribution >= 4 is 0 Å². The highest BCUT2D eigenvalue weighted by molar-refractivity contribution is 5.17. The molecule has 0 amide bonds. The lowest BCUT2D eigenvalue weighted by Crippen LogP contribution is -2.42. The molecule has 0 bridgehead atoms. The van der Waals surface area contributed by atoms with E-state index < -0.39 is 0 Å². The van der Waals surface area contributed by atoms with Gasteiger partial charge in [-0.15, -0.1) is 0 Å². The van der Waals surface area contributed by atoms with Crippen LogP contribution in [0.25, 0.3) is 0 Å². The second kappa shape index (κ2) is 10.0. The maximum absolute atomic E-state index is 12.4. The summed E-state index contributed by atoms with van der Waals surface area (Å²) in [4.78, 5) is 14.8. The SMILES string of the molecule is CCO[C@@H]([C@H](C)N(Cc1ccccc1)Cc1ccccc1)n1ccccc1=O. The highest BCUT2D eigenvalue weighted by Crippen LogP contribution is 2.22.